The number of nitriles is 1. The maximum atomic E-state index is 13.8. The van der Waals surface area contributed by atoms with E-state index in [0.29, 0.717) is 29.9 Å². The zero-order chi connectivity index (χ0) is 19.8. The van der Waals surface area contributed by atoms with Crippen LogP contribution in [0.25, 0.3) is 0 Å². The molecule has 0 saturated carbocycles. The van der Waals surface area contributed by atoms with Gasteiger partial charge in [-0.2, -0.15) is 10.4 Å². The van der Waals surface area contributed by atoms with E-state index in [1.54, 1.807) is 6.07 Å². The molecule has 0 aliphatic carbocycles. The zero-order valence-corrected chi connectivity index (χ0v) is 14.7. The third kappa shape index (κ3) is 3.15. The first-order valence-corrected chi connectivity index (χ1v) is 8.72. The minimum atomic E-state index is -1.22. The van der Waals surface area contributed by atoms with Crippen molar-refractivity contribution in [2.45, 2.75) is 25.7 Å². The van der Waals surface area contributed by atoms with E-state index in [4.69, 9.17) is 5.26 Å². The standard InChI is InChI=1S/C18H16F2N6O2/c19-11-7-22-17(27)16-13-9-25(4-3-15(13)24-26(16)8-11)18(28)23-12-1-2-14(20)10(5-12)6-21/h1-2,5,11H,3-4,7-9H2,(H,22,27)(H,23,28). The Balaban J connectivity index is 1.55. The maximum Gasteiger partial charge on any atom is 0.322 e. The number of nitrogens with one attached hydrogen (secondary N) is 2. The molecule has 0 bridgehead atoms. The third-order valence-corrected chi connectivity index (χ3v) is 4.80. The molecule has 28 heavy (non-hydrogen) atoms. The van der Waals surface area contributed by atoms with E-state index in [2.05, 4.69) is 15.7 Å². The summed E-state index contributed by atoms with van der Waals surface area (Å²) in [7, 11) is 0. The monoisotopic (exact) mass is 386 g/mol. The molecule has 1 aromatic carbocycles. The molecule has 2 aliphatic heterocycles. The number of urea groups is 1. The summed E-state index contributed by atoms with van der Waals surface area (Å²) in [5.41, 5.74) is 1.68. The smallest absolute Gasteiger partial charge is 0.322 e. The molecular formula is C18H16F2N6O2. The summed E-state index contributed by atoms with van der Waals surface area (Å²) in [6.45, 7) is 0.419. The van der Waals surface area contributed by atoms with Gasteiger partial charge in [0.05, 0.1) is 30.9 Å². The van der Waals surface area contributed by atoms with Crippen molar-refractivity contribution >= 4 is 17.6 Å². The number of carbonyl (C=O) groups is 2. The van der Waals surface area contributed by atoms with Gasteiger partial charge in [0.1, 0.15) is 23.8 Å². The molecule has 10 heteroatoms. The minimum absolute atomic E-state index is 0.0141. The molecule has 1 aromatic heterocycles. The van der Waals surface area contributed by atoms with E-state index < -0.39 is 23.9 Å². The fraction of sp³-hybridized carbons (Fsp3) is 0.333. The second kappa shape index (κ2) is 6.92. The maximum absolute atomic E-state index is 13.8. The van der Waals surface area contributed by atoms with Gasteiger partial charge in [-0.1, -0.05) is 0 Å². The van der Waals surface area contributed by atoms with Gasteiger partial charge >= 0.3 is 6.03 Å². The Labute approximate surface area is 158 Å². The molecule has 8 nitrogen and oxygen atoms in total. The second-order valence-corrected chi connectivity index (χ2v) is 6.67. The normalized spacial score (nSPS) is 18.4. The first kappa shape index (κ1) is 17.9. The van der Waals surface area contributed by atoms with Crippen molar-refractivity contribution in [1.29, 1.82) is 5.26 Å². The number of fused-ring (bicyclic) bond motifs is 3. The molecule has 0 fully saturated rings. The summed E-state index contributed by atoms with van der Waals surface area (Å²) in [6.07, 6.45) is -0.793. The van der Waals surface area contributed by atoms with Gasteiger partial charge in [-0.05, 0) is 18.2 Å². The summed E-state index contributed by atoms with van der Waals surface area (Å²) in [6, 6.07) is 5.00. The van der Waals surface area contributed by atoms with Gasteiger partial charge < -0.3 is 15.5 Å². The van der Waals surface area contributed by atoms with E-state index in [1.807, 2.05) is 0 Å². The quantitative estimate of drug-likeness (QED) is 0.776. The predicted octanol–water partition coefficient (Wildman–Crippen LogP) is 1.57. The lowest BCUT2D eigenvalue weighted by Crippen LogP contribution is -2.39. The number of benzene rings is 1. The average molecular weight is 386 g/mol. The topological polar surface area (TPSA) is 103 Å². The Morgan fingerprint density at radius 2 is 2.25 bits per heavy atom. The number of aromatic nitrogens is 2. The van der Waals surface area contributed by atoms with E-state index in [9.17, 15) is 18.4 Å². The SMILES string of the molecule is N#Cc1cc(NC(=O)N2CCc3nn4c(c3C2)C(=O)NCC(F)C4)ccc1F. The summed E-state index contributed by atoms with van der Waals surface area (Å²) in [4.78, 5) is 26.4. The van der Waals surface area contributed by atoms with Crippen molar-refractivity contribution in [3.63, 3.8) is 0 Å². The van der Waals surface area contributed by atoms with E-state index in [-0.39, 0.29) is 30.9 Å². The van der Waals surface area contributed by atoms with Crippen LogP contribution in [-0.2, 0) is 19.5 Å². The van der Waals surface area contributed by atoms with Crippen molar-refractivity contribution in [2.24, 2.45) is 0 Å². The van der Waals surface area contributed by atoms with Crippen molar-refractivity contribution < 1.29 is 18.4 Å². The molecule has 1 unspecified atom stereocenters. The van der Waals surface area contributed by atoms with Gasteiger partial charge in [0.15, 0.2) is 0 Å². The van der Waals surface area contributed by atoms with Gasteiger partial charge in [0.2, 0.25) is 0 Å². The molecule has 3 amide bonds. The highest BCUT2D eigenvalue weighted by Crippen LogP contribution is 2.25. The van der Waals surface area contributed by atoms with E-state index >= 15 is 0 Å². The molecule has 2 aliphatic rings. The van der Waals surface area contributed by atoms with Crippen molar-refractivity contribution in [1.82, 2.24) is 20.0 Å². The number of hydrogen-bond acceptors (Lipinski definition) is 4. The van der Waals surface area contributed by atoms with Crippen LogP contribution in [0, 0.1) is 17.1 Å². The van der Waals surface area contributed by atoms with Crippen LogP contribution in [-0.4, -0.2) is 45.9 Å². The lowest BCUT2D eigenvalue weighted by molar-refractivity contribution is 0.0943. The molecule has 0 radical (unpaired) electrons. The van der Waals surface area contributed by atoms with Crippen LogP contribution in [0.1, 0.15) is 27.3 Å². The molecule has 2 aromatic rings. The number of rotatable bonds is 1. The van der Waals surface area contributed by atoms with Crippen molar-refractivity contribution in [3.05, 3.63) is 46.5 Å². The number of nitrogens with zero attached hydrogens (tertiary/aromatic N) is 4. The molecule has 4 rings (SSSR count). The highest BCUT2D eigenvalue weighted by molar-refractivity contribution is 5.95. The molecule has 1 atom stereocenters. The van der Waals surface area contributed by atoms with Gasteiger partial charge in [0.25, 0.3) is 5.91 Å². The number of amides is 3. The number of hydrogen-bond donors (Lipinski definition) is 2. The van der Waals surface area contributed by atoms with Gasteiger partial charge in [0, 0.05) is 24.2 Å². The van der Waals surface area contributed by atoms with Crippen molar-refractivity contribution in [2.75, 3.05) is 18.4 Å². The highest BCUT2D eigenvalue weighted by atomic mass is 19.1. The molecule has 3 heterocycles. The largest absolute Gasteiger partial charge is 0.348 e. The van der Waals surface area contributed by atoms with Crippen molar-refractivity contribution in [3.8, 4) is 6.07 Å². The Morgan fingerprint density at radius 3 is 3.04 bits per heavy atom. The Bertz CT molecular complexity index is 1010. The van der Waals surface area contributed by atoms with Crippen LogP contribution < -0.4 is 10.6 Å². The first-order valence-electron chi connectivity index (χ1n) is 8.72. The molecule has 0 saturated heterocycles. The Morgan fingerprint density at radius 1 is 1.43 bits per heavy atom. The Hall–Kier alpha value is -3.48. The lowest BCUT2D eigenvalue weighted by atomic mass is 10.1. The fourth-order valence-electron chi connectivity index (χ4n) is 3.42. The van der Waals surface area contributed by atoms with Crippen LogP contribution in [0.4, 0.5) is 19.3 Å². The third-order valence-electron chi connectivity index (χ3n) is 4.80. The number of anilines is 1. The van der Waals surface area contributed by atoms with Crippen LogP contribution in [0.15, 0.2) is 18.2 Å². The second-order valence-electron chi connectivity index (χ2n) is 6.67. The van der Waals surface area contributed by atoms with E-state index in [0.717, 1.165) is 6.07 Å². The first-order chi connectivity index (χ1) is 13.5. The summed E-state index contributed by atoms with van der Waals surface area (Å²) in [5.74, 6) is -1.07. The van der Waals surface area contributed by atoms with Crippen LogP contribution in [0.2, 0.25) is 0 Å². The minimum Gasteiger partial charge on any atom is -0.348 e. The molecule has 0 spiro atoms. The zero-order valence-electron chi connectivity index (χ0n) is 14.7. The van der Waals surface area contributed by atoms with Gasteiger partial charge in [-0.3, -0.25) is 9.48 Å². The Kier molecular flexibility index (Phi) is 4.43. The number of alkyl halides is 1. The molecule has 144 valence electrons. The fourth-order valence-corrected chi connectivity index (χ4v) is 3.42. The molecular weight excluding hydrogens is 370 g/mol. The van der Waals surface area contributed by atoms with Crippen LogP contribution in [0.3, 0.4) is 0 Å². The summed E-state index contributed by atoms with van der Waals surface area (Å²) < 4.78 is 28.6. The summed E-state index contributed by atoms with van der Waals surface area (Å²) in [5, 5.41) is 18.4. The highest BCUT2D eigenvalue weighted by Gasteiger charge is 2.32. The molecule has 2 N–H and O–H groups in total. The average Bonchev–Trinajstić information content (AvgIpc) is 2.97. The van der Waals surface area contributed by atoms with E-state index in [1.165, 1.54) is 21.7 Å². The lowest BCUT2D eigenvalue weighted by Gasteiger charge is -2.27. The van der Waals surface area contributed by atoms with Gasteiger partial charge in [-0.15, -0.1) is 0 Å². The summed E-state index contributed by atoms with van der Waals surface area (Å²) >= 11 is 0. The van der Waals surface area contributed by atoms with Gasteiger partial charge in [-0.25, -0.2) is 13.6 Å². The number of carbonyl (C=O) groups excluding carboxylic acids is 2. The number of halogens is 2. The van der Waals surface area contributed by atoms with Crippen LogP contribution in [0.5, 0.6) is 0 Å². The predicted molar refractivity (Wildman–Crippen MR) is 93.7 cm³/mol. The van der Waals surface area contributed by atoms with Crippen LogP contribution >= 0.6 is 0 Å².